The lowest BCUT2D eigenvalue weighted by Crippen LogP contribution is -2.30. The molecule has 1 aromatic carbocycles. The Morgan fingerprint density at radius 2 is 1.75 bits per heavy atom. The van der Waals surface area contributed by atoms with Gasteiger partial charge in [0.2, 0.25) is 0 Å². The van der Waals surface area contributed by atoms with E-state index in [1.54, 1.807) is 11.0 Å². The number of carboxylic acid groups (broad SMARTS) is 1. The largest absolute Gasteiger partial charge is 0.507 e. The number of amides is 1. The van der Waals surface area contributed by atoms with Crippen molar-refractivity contribution in [2.75, 3.05) is 13.1 Å². The van der Waals surface area contributed by atoms with Crippen molar-refractivity contribution < 1.29 is 19.8 Å². The lowest BCUT2D eigenvalue weighted by molar-refractivity contribution is -0.142. The van der Waals surface area contributed by atoms with Crippen LogP contribution in [-0.4, -0.2) is 40.1 Å². The Morgan fingerprint density at radius 1 is 1.12 bits per heavy atom. The topological polar surface area (TPSA) is 77.8 Å². The highest BCUT2D eigenvalue weighted by Crippen LogP contribution is 2.35. The minimum atomic E-state index is -0.874. The first kappa shape index (κ1) is 18.3. The number of aromatic hydroxyl groups is 1. The Balaban J connectivity index is 2.41. The molecule has 24 heavy (non-hydrogen) atoms. The molecule has 0 spiro atoms. The molecule has 1 amide bonds. The predicted octanol–water partition coefficient (Wildman–Crippen LogP) is 3.43. The third-order valence-electron chi connectivity index (χ3n) is 4.90. The maximum Gasteiger partial charge on any atom is 0.308 e. The number of phenolic OH excluding ortho intramolecular Hbond substituents is 1. The van der Waals surface area contributed by atoms with Crippen LogP contribution in [0.25, 0.3) is 0 Å². The second-order valence-corrected chi connectivity index (χ2v) is 7.45. The molecule has 132 valence electrons. The maximum absolute atomic E-state index is 12.9. The van der Waals surface area contributed by atoms with E-state index in [-0.39, 0.29) is 41.5 Å². The third kappa shape index (κ3) is 3.40. The van der Waals surface area contributed by atoms with Crippen LogP contribution in [0.4, 0.5) is 0 Å². The molecule has 0 bridgehead atoms. The van der Waals surface area contributed by atoms with Gasteiger partial charge in [0, 0.05) is 13.1 Å². The molecule has 1 aliphatic rings. The van der Waals surface area contributed by atoms with Crippen molar-refractivity contribution in [1.82, 2.24) is 4.90 Å². The zero-order valence-electron chi connectivity index (χ0n) is 15.0. The summed E-state index contributed by atoms with van der Waals surface area (Å²) in [7, 11) is 0. The minimum Gasteiger partial charge on any atom is -0.507 e. The van der Waals surface area contributed by atoms with Crippen molar-refractivity contribution in [3.63, 3.8) is 0 Å². The van der Waals surface area contributed by atoms with Gasteiger partial charge in [-0.05, 0) is 34.9 Å². The highest BCUT2D eigenvalue weighted by Gasteiger charge is 2.38. The molecule has 0 aliphatic carbocycles. The summed E-state index contributed by atoms with van der Waals surface area (Å²) in [5.74, 6) is -1.45. The first-order chi connectivity index (χ1) is 11.1. The van der Waals surface area contributed by atoms with Crippen LogP contribution in [0.2, 0.25) is 0 Å². The van der Waals surface area contributed by atoms with Gasteiger partial charge in [-0.25, -0.2) is 0 Å². The summed E-state index contributed by atoms with van der Waals surface area (Å²) in [5, 5.41) is 19.8. The third-order valence-corrected chi connectivity index (χ3v) is 4.90. The number of phenols is 1. The van der Waals surface area contributed by atoms with Gasteiger partial charge < -0.3 is 15.1 Å². The average molecular weight is 333 g/mol. The van der Waals surface area contributed by atoms with E-state index in [0.717, 1.165) is 11.1 Å². The highest BCUT2D eigenvalue weighted by molar-refractivity contribution is 5.98. The van der Waals surface area contributed by atoms with Crippen molar-refractivity contribution in [2.24, 2.45) is 11.8 Å². The van der Waals surface area contributed by atoms with E-state index in [0.29, 0.717) is 6.54 Å². The fourth-order valence-corrected chi connectivity index (χ4v) is 3.24. The van der Waals surface area contributed by atoms with Crippen LogP contribution < -0.4 is 0 Å². The molecule has 5 heteroatoms. The van der Waals surface area contributed by atoms with Crippen LogP contribution in [0, 0.1) is 11.8 Å². The fraction of sp³-hybridized carbons (Fsp3) is 0.579. The molecule has 1 aromatic rings. The minimum absolute atomic E-state index is 0.0193. The van der Waals surface area contributed by atoms with Crippen molar-refractivity contribution in [2.45, 2.75) is 46.5 Å². The second-order valence-electron chi connectivity index (χ2n) is 7.45. The van der Waals surface area contributed by atoms with Crippen LogP contribution in [-0.2, 0) is 4.79 Å². The summed E-state index contributed by atoms with van der Waals surface area (Å²) >= 11 is 0. The summed E-state index contributed by atoms with van der Waals surface area (Å²) in [6.07, 6.45) is 0. The lowest BCUT2D eigenvalue weighted by atomic mass is 9.91. The zero-order valence-corrected chi connectivity index (χ0v) is 15.0. The number of hydrogen-bond acceptors (Lipinski definition) is 3. The molecule has 0 saturated carbocycles. The van der Waals surface area contributed by atoms with Crippen LogP contribution in [0.1, 0.15) is 67.9 Å². The van der Waals surface area contributed by atoms with Gasteiger partial charge in [0.25, 0.3) is 5.91 Å². The zero-order chi connectivity index (χ0) is 18.2. The Bertz CT molecular complexity index is 651. The summed E-state index contributed by atoms with van der Waals surface area (Å²) in [5.41, 5.74) is 2.04. The molecule has 0 radical (unpaired) electrons. The number of nitrogens with zero attached hydrogens (tertiary/aromatic N) is 1. The van der Waals surface area contributed by atoms with Crippen LogP contribution in [0.15, 0.2) is 12.1 Å². The van der Waals surface area contributed by atoms with Gasteiger partial charge in [0.05, 0.1) is 11.5 Å². The average Bonchev–Trinajstić information content (AvgIpc) is 2.88. The Labute approximate surface area is 143 Å². The standard InChI is InChI=1S/C19H27NO4/c1-10(2)13-6-14(11(3)4)17(21)15(7-13)18(22)20-8-12(5)16(9-20)19(23)24/h6-7,10-12,16,21H,8-9H2,1-5H3,(H,23,24)/t12-,16-/m1/s1. The van der Waals surface area contributed by atoms with E-state index in [9.17, 15) is 19.8 Å². The molecule has 1 aliphatic heterocycles. The number of carbonyl (C=O) groups excluding carboxylic acids is 1. The van der Waals surface area contributed by atoms with Gasteiger partial charge in [-0.3, -0.25) is 9.59 Å². The normalized spacial score (nSPS) is 20.9. The van der Waals surface area contributed by atoms with Gasteiger partial charge in [-0.2, -0.15) is 0 Å². The quantitative estimate of drug-likeness (QED) is 0.885. The fourth-order valence-electron chi connectivity index (χ4n) is 3.24. The summed E-state index contributed by atoms with van der Waals surface area (Å²) < 4.78 is 0. The lowest BCUT2D eigenvalue weighted by Gasteiger charge is -2.21. The van der Waals surface area contributed by atoms with Crippen LogP contribution >= 0.6 is 0 Å². The first-order valence-electron chi connectivity index (χ1n) is 8.52. The van der Waals surface area contributed by atoms with E-state index in [1.807, 2.05) is 40.7 Å². The van der Waals surface area contributed by atoms with Gasteiger partial charge in [-0.15, -0.1) is 0 Å². The summed E-state index contributed by atoms with van der Waals surface area (Å²) in [6.45, 7) is 10.5. The molecule has 2 rings (SSSR count). The van der Waals surface area contributed by atoms with Gasteiger partial charge in [0.15, 0.2) is 0 Å². The van der Waals surface area contributed by atoms with Crippen molar-refractivity contribution in [1.29, 1.82) is 0 Å². The number of benzene rings is 1. The summed E-state index contributed by atoms with van der Waals surface area (Å²) in [6, 6.07) is 3.70. The van der Waals surface area contributed by atoms with E-state index >= 15 is 0 Å². The predicted molar refractivity (Wildman–Crippen MR) is 92.5 cm³/mol. The molecule has 5 nitrogen and oxygen atoms in total. The second kappa shape index (κ2) is 6.83. The Morgan fingerprint density at radius 3 is 2.21 bits per heavy atom. The van der Waals surface area contributed by atoms with Crippen molar-refractivity contribution >= 4 is 11.9 Å². The number of hydrogen-bond donors (Lipinski definition) is 2. The van der Waals surface area contributed by atoms with E-state index in [2.05, 4.69) is 0 Å². The molecule has 1 fully saturated rings. The maximum atomic E-state index is 12.9. The molecular weight excluding hydrogens is 306 g/mol. The molecule has 0 aromatic heterocycles. The van der Waals surface area contributed by atoms with Gasteiger partial charge >= 0.3 is 5.97 Å². The SMILES string of the molecule is CC(C)c1cc(C(=O)N2C[C@@H](C)[C@H](C(=O)O)C2)c(O)c(C(C)C)c1. The highest BCUT2D eigenvalue weighted by atomic mass is 16.4. The monoisotopic (exact) mass is 333 g/mol. The molecule has 2 N–H and O–H groups in total. The summed E-state index contributed by atoms with van der Waals surface area (Å²) in [4.78, 5) is 25.7. The molecule has 0 unspecified atom stereocenters. The molecule has 1 saturated heterocycles. The van der Waals surface area contributed by atoms with Crippen LogP contribution in [0.3, 0.4) is 0 Å². The van der Waals surface area contributed by atoms with Crippen molar-refractivity contribution in [3.8, 4) is 5.75 Å². The van der Waals surface area contributed by atoms with E-state index in [4.69, 9.17) is 0 Å². The van der Waals surface area contributed by atoms with Gasteiger partial charge in [0.1, 0.15) is 5.75 Å². The Kier molecular flexibility index (Phi) is 5.21. The molecule has 2 atom stereocenters. The number of carboxylic acids is 1. The van der Waals surface area contributed by atoms with E-state index in [1.165, 1.54) is 0 Å². The number of carbonyl (C=O) groups is 2. The Hall–Kier alpha value is -2.04. The smallest absolute Gasteiger partial charge is 0.308 e. The van der Waals surface area contributed by atoms with Gasteiger partial charge in [-0.1, -0.05) is 40.7 Å². The number of likely N-dealkylation sites (tertiary alicyclic amines) is 1. The number of rotatable bonds is 4. The van der Waals surface area contributed by atoms with Crippen molar-refractivity contribution in [3.05, 3.63) is 28.8 Å². The number of aliphatic carboxylic acids is 1. The van der Waals surface area contributed by atoms with E-state index < -0.39 is 11.9 Å². The van der Waals surface area contributed by atoms with Crippen LogP contribution in [0.5, 0.6) is 5.75 Å². The molecular formula is C19H27NO4. The first-order valence-corrected chi connectivity index (χ1v) is 8.52. The molecule has 1 heterocycles.